The lowest BCUT2D eigenvalue weighted by molar-refractivity contribution is -0.141. The van der Waals surface area contributed by atoms with Crippen molar-refractivity contribution in [3.8, 4) is 5.75 Å². The van der Waals surface area contributed by atoms with Gasteiger partial charge >= 0.3 is 17.8 Å². The van der Waals surface area contributed by atoms with Crippen LogP contribution >= 0.6 is 0 Å². The number of hydrogen-bond donors (Lipinski definition) is 4. The molecular weight excluding hydrogens is 534 g/mol. The standard InChI is InChI=1S/C23H23F4N5O7/c1-10(29-22(37)23(38)30-13-5-4-6-28-20(13)32(2)3)21(36)31-14(8-16(34)35)15(33)9-39-19-17(26)11(24)7-12(25)18(19)27/h4-7,10,14H,8-9H2,1-3H3,(H,29,37)(H,30,38)(H,31,36)(H,34,35)/t10-,14-/m0/s1. The van der Waals surface area contributed by atoms with E-state index in [1.807, 2.05) is 5.32 Å². The van der Waals surface area contributed by atoms with E-state index in [0.717, 1.165) is 6.92 Å². The van der Waals surface area contributed by atoms with Gasteiger partial charge in [-0.2, -0.15) is 8.78 Å². The van der Waals surface area contributed by atoms with E-state index in [1.54, 1.807) is 19.0 Å². The monoisotopic (exact) mass is 557 g/mol. The van der Waals surface area contributed by atoms with Crippen LogP contribution in [0.15, 0.2) is 24.4 Å². The summed E-state index contributed by atoms with van der Waals surface area (Å²) in [5.41, 5.74) is 0.193. The summed E-state index contributed by atoms with van der Waals surface area (Å²) >= 11 is 0. The second-order valence-corrected chi connectivity index (χ2v) is 8.13. The molecule has 2 atom stereocenters. The Bertz CT molecular complexity index is 1270. The van der Waals surface area contributed by atoms with Crippen LogP contribution in [0.25, 0.3) is 0 Å². The number of nitrogens with zero attached hydrogens (tertiary/aromatic N) is 2. The number of carbonyl (C=O) groups is 5. The molecule has 16 heteroatoms. The van der Waals surface area contributed by atoms with E-state index in [4.69, 9.17) is 5.11 Å². The molecule has 4 N–H and O–H groups in total. The van der Waals surface area contributed by atoms with Gasteiger partial charge in [0.15, 0.2) is 29.0 Å². The summed E-state index contributed by atoms with van der Waals surface area (Å²) in [6.45, 7) is -0.160. The number of rotatable bonds is 11. The first-order valence-corrected chi connectivity index (χ1v) is 11.0. The molecule has 210 valence electrons. The van der Waals surface area contributed by atoms with Gasteiger partial charge in [-0.05, 0) is 19.1 Å². The molecule has 0 aliphatic heterocycles. The maximum Gasteiger partial charge on any atom is 0.313 e. The fourth-order valence-electron chi connectivity index (χ4n) is 3.00. The fraction of sp³-hybridized carbons (Fsp3) is 0.304. The minimum Gasteiger partial charge on any atom is -0.481 e. The third-order valence-electron chi connectivity index (χ3n) is 4.92. The number of aliphatic carboxylic acids is 1. The zero-order valence-electron chi connectivity index (χ0n) is 20.7. The normalized spacial score (nSPS) is 12.1. The Balaban J connectivity index is 2.04. The van der Waals surface area contributed by atoms with Crippen LogP contribution in [0.5, 0.6) is 5.75 Å². The number of nitrogens with one attached hydrogen (secondary N) is 3. The van der Waals surface area contributed by atoms with Gasteiger partial charge in [-0.25, -0.2) is 13.8 Å². The molecule has 1 heterocycles. The van der Waals surface area contributed by atoms with Gasteiger partial charge in [0.05, 0.1) is 12.1 Å². The van der Waals surface area contributed by atoms with Gasteiger partial charge in [-0.1, -0.05) is 0 Å². The van der Waals surface area contributed by atoms with Gasteiger partial charge in [0.2, 0.25) is 17.5 Å². The lowest BCUT2D eigenvalue weighted by Crippen LogP contribution is -2.53. The molecule has 39 heavy (non-hydrogen) atoms. The number of ketones is 1. The lowest BCUT2D eigenvalue weighted by atomic mass is 10.1. The van der Waals surface area contributed by atoms with Crippen molar-refractivity contribution in [3.63, 3.8) is 0 Å². The average molecular weight is 557 g/mol. The number of ether oxygens (including phenoxy) is 1. The molecule has 0 aliphatic carbocycles. The van der Waals surface area contributed by atoms with E-state index in [1.165, 1.54) is 18.3 Å². The van der Waals surface area contributed by atoms with Crippen LogP contribution in [0.3, 0.4) is 0 Å². The van der Waals surface area contributed by atoms with Crippen LogP contribution in [0.2, 0.25) is 0 Å². The second-order valence-electron chi connectivity index (χ2n) is 8.13. The minimum atomic E-state index is -1.93. The van der Waals surface area contributed by atoms with Crippen molar-refractivity contribution in [2.24, 2.45) is 0 Å². The molecule has 12 nitrogen and oxygen atoms in total. The Labute approximate surface area is 218 Å². The predicted molar refractivity (Wildman–Crippen MR) is 126 cm³/mol. The highest BCUT2D eigenvalue weighted by Gasteiger charge is 2.29. The second kappa shape index (κ2) is 13.2. The van der Waals surface area contributed by atoms with E-state index < -0.39 is 83.6 Å². The van der Waals surface area contributed by atoms with Crippen molar-refractivity contribution in [3.05, 3.63) is 47.7 Å². The Morgan fingerprint density at radius 3 is 2.21 bits per heavy atom. The van der Waals surface area contributed by atoms with E-state index >= 15 is 0 Å². The molecule has 0 saturated carbocycles. The Morgan fingerprint density at radius 2 is 1.64 bits per heavy atom. The van der Waals surface area contributed by atoms with Gasteiger partial charge in [0.1, 0.15) is 18.7 Å². The molecule has 0 fully saturated rings. The number of carboxylic acid groups (broad SMARTS) is 1. The van der Waals surface area contributed by atoms with E-state index in [0.29, 0.717) is 5.82 Å². The summed E-state index contributed by atoms with van der Waals surface area (Å²) in [5.74, 6) is -15.0. The number of hydrogen-bond acceptors (Lipinski definition) is 8. The number of aromatic nitrogens is 1. The largest absolute Gasteiger partial charge is 0.481 e. The maximum atomic E-state index is 13.7. The first-order valence-electron chi connectivity index (χ1n) is 11.0. The number of carbonyl (C=O) groups excluding carboxylic acids is 4. The Kier molecular flexibility index (Phi) is 10.3. The first-order chi connectivity index (χ1) is 18.2. The van der Waals surface area contributed by atoms with Crippen LogP contribution in [-0.4, -0.2) is 72.4 Å². The summed E-state index contributed by atoms with van der Waals surface area (Å²) in [7, 11) is 3.29. The molecule has 0 unspecified atom stereocenters. The smallest absolute Gasteiger partial charge is 0.313 e. The summed E-state index contributed by atoms with van der Waals surface area (Å²) in [6.07, 6.45) is 0.437. The quantitative estimate of drug-likeness (QED) is 0.177. The van der Waals surface area contributed by atoms with Crippen molar-refractivity contribution in [1.29, 1.82) is 0 Å². The molecule has 2 aromatic rings. The number of carboxylic acids is 1. The van der Waals surface area contributed by atoms with Gasteiger partial charge in [-0.15, -0.1) is 0 Å². The van der Waals surface area contributed by atoms with Crippen molar-refractivity contribution < 1.29 is 51.4 Å². The molecule has 0 saturated heterocycles. The van der Waals surface area contributed by atoms with Crippen molar-refractivity contribution in [1.82, 2.24) is 15.6 Å². The number of benzene rings is 1. The average Bonchev–Trinajstić information content (AvgIpc) is 2.86. The number of anilines is 2. The molecule has 0 spiro atoms. The Morgan fingerprint density at radius 1 is 1.03 bits per heavy atom. The van der Waals surface area contributed by atoms with Gasteiger partial charge in [-0.3, -0.25) is 24.0 Å². The predicted octanol–water partition coefficient (Wildman–Crippen LogP) is 0.755. The third-order valence-corrected chi connectivity index (χ3v) is 4.92. The molecule has 0 bridgehead atoms. The lowest BCUT2D eigenvalue weighted by Gasteiger charge is -2.20. The number of halogens is 4. The third kappa shape index (κ3) is 8.11. The molecule has 3 amide bonds. The summed E-state index contributed by atoms with van der Waals surface area (Å²) in [4.78, 5) is 66.2. The van der Waals surface area contributed by atoms with E-state index in [9.17, 15) is 41.5 Å². The van der Waals surface area contributed by atoms with Crippen LogP contribution in [-0.2, 0) is 24.0 Å². The van der Waals surface area contributed by atoms with E-state index in [2.05, 4.69) is 20.4 Å². The Hall–Kier alpha value is -4.76. The summed E-state index contributed by atoms with van der Waals surface area (Å²) in [6, 6.07) is -0.411. The molecule has 0 aliphatic rings. The topological polar surface area (TPSA) is 167 Å². The van der Waals surface area contributed by atoms with Gasteiger partial charge in [0, 0.05) is 26.4 Å². The highest BCUT2D eigenvalue weighted by atomic mass is 19.2. The molecule has 2 rings (SSSR count). The molecule has 1 aromatic heterocycles. The van der Waals surface area contributed by atoms with Gasteiger partial charge in [0.25, 0.3) is 0 Å². The molecule has 1 aromatic carbocycles. The minimum absolute atomic E-state index is 0.0827. The first kappa shape index (κ1) is 30.5. The zero-order chi connectivity index (χ0) is 29.4. The van der Waals surface area contributed by atoms with E-state index in [-0.39, 0.29) is 11.8 Å². The fourth-order valence-corrected chi connectivity index (χ4v) is 3.00. The number of amides is 3. The maximum absolute atomic E-state index is 13.7. The van der Waals surface area contributed by atoms with Crippen LogP contribution in [0.1, 0.15) is 13.3 Å². The highest BCUT2D eigenvalue weighted by Crippen LogP contribution is 2.26. The summed E-state index contributed by atoms with van der Waals surface area (Å²) < 4.78 is 58.7. The number of Topliss-reactive ketones (excluding diaryl/α,β-unsaturated/α-hetero) is 1. The summed E-state index contributed by atoms with van der Waals surface area (Å²) in [5, 5.41) is 15.4. The van der Waals surface area contributed by atoms with Crippen molar-refractivity contribution in [2.45, 2.75) is 25.4 Å². The number of pyridine rings is 1. The SMILES string of the molecule is C[C@H](NC(=O)C(=O)Nc1cccnc1N(C)C)C(=O)N[C@@H](CC(=O)O)C(=O)COc1c(F)c(F)cc(F)c1F. The highest BCUT2D eigenvalue weighted by molar-refractivity contribution is 6.40. The van der Waals surface area contributed by atoms with Crippen molar-refractivity contribution in [2.75, 3.05) is 30.9 Å². The van der Waals surface area contributed by atoms with Crippen molar-refractivity contribution >= 4 is 41.0 Å². The zero-order valence-corrected chi connectivity index (χ0v) is 20.7. The van der Waals surface area contributed by atoms with Crippen LogP contribution < -0.4 is 25.6 Å². The molecular formula is C23H23F4N5O7. The van der Waals surface area contributed by atoms with Crippen LogP contribution in [0, 0.1) is 23.3 Å². The molecule has 0 radical (unpaired) electrons. The van der Waals surface area contributed by atoms with Crippen LogP contribution in [0.4, 0.5) is 29.1 Å². The van der Waals surface area contributed by atoms with Gasteiger partial charge < -0.3 is 30.7 Å².